The van der Waals surface area contributed by atoms with Gasteiger partial charge in [0.05, 0.1) is 11.4 Å². The monoisotopic (exact) mass is 294 g/mol. The summed E-state index contributed by atoms with van der Waals surface area (Å²) >= 11 is 1.46. The minimum absolute atomic E-state index is 0.00283. The summed E-state index contributed by atoms with van der Waals surface area (Å²) in [5, 5.41) is 6.73. The van der Waals surface area contributed by atoms with E-state index in [1.807, 2.05) is 72.8 Å². The lowest BCUT2D eigenvalue weighted by atomic mass is 10.2. The van der Waals surface area contributed by atoms with Crippen molar-refractivity contribution in [3.63, 3.8) is 0 Å². The van der Waals surface area contributed by atoms with E-state index in [0.29, 0.717) is 5.75 Å². The molecule has 0 bridgehead atoms. The van der Waals surface area contributed by atoms with Crippen molar-refractivity contribution in [3.8, 4) is 0 Å². The molecule has 0 saturated heterocycles. The van der Waals surface area contributed by atoms with Crippen LogP contribution in [0.4, 0.5) is 5.69 Å². The minimum atomic E-state index is 0.00283. The van der Waals surface area contributed by atoms with Crippen LogP contribution in [0.25, 0.3) is 6.08 Å². The molecule has 0 radical (unpaired) electrons. The second-order valence-electron chi connectivity index (χ2n) is 4.51. The molecule has 1 heterocycles. The molecule has 0 saturated carbocycles. The molecule has 0 aliphatic carbocycles. The molecule has 4 heteroatoms. The molecule has 1 amide bonds. The van der Waals surface area contributed by atoms with Crippen LogP contribution in [0.15, 0.2) is 71.8 Å². The Morgan fingerprint density at radius 1 is 0.952 bits per heavy atom. The van der Waals surface area contributed by atoms with E-state index in [2.05, 4.69) is 5.10 Å². The SMILES string of the molecule is O=C1CSC(/C=C/c2ccccc2)=NN1c1ccccc1. The van der Waals surface area contributed by atoms with Gasteiger partial charge in [-0.2, -0.15) is 10.1 Å². The van der Waals surface area contributed by atoms with E-state index in [1.54, 1.807) is 0 Å². The Bertz CT molecular complexity index is 680. The maximum atomic E-state index is 12.0. The summed E-state index contributed by atoms with van der Waals surface area (Å²) in [4.78, 5) is 12.0. The molecule has 0 fully saturated rings. The van der Waals surface area contributed by atoms with Gasteiger partial charge in [0.25, 0.3) is 5.91 Å². The molecule has 3 rings (SSSR count). The molecule has 2 aromatic carbocycles. The molecule has 104 valence electrons. The number of carbonyl (C=O) groups excluding carboxylic acids is 1. The maximum Gasteiger partial charge on any atom is 0.257 e. The average molecular weight is 294 g/mol. The molecule has 0 spiro atoms. The third kappa shape index (κ3) is 3.41. The fourth-order valence-corrected chi connectivity index (χ4v) is 2.66. The Hall–Kier alpha value is -2.33. The third-order valence-corrected chi connectivity index (χ3v) is 3.90. The van der Waals surface area contributed by atoms with E-state index in [9.17, 15) is 4.79 Å². The Balaban J connectivity index is 1.83. The van der Waals surface area contributed by atoms with E-state index >= 15 is 0 Å². The van der Waals surface area contributed by atoms with Crippen LogP contribution in [0.5, 0.6) is 0 Å². The van der Waals surface area contributed by atoms with Gasteiger partial charge in [-0.15, -0.1) is 0 Å². The predicted octanol–water partition coefficient (Wildman–Crippen LogP) is 3.79. The van der Waals surface area contributed by atoms with Crippen molar-refractivity contribution >= 4 is 34.5 Å². The molecule has 3 nitrogen and oxygen atoms in total. The van der Waals surface area contributed by atoms with Crippen LogP contribution in [-0.2, 0) is 4.79 Å². The van der Waals surface area contributed by atoms with Crippen molar-refractivity contribution in [3.05, 3.63) is 72.3 Å². The fourth-order valence-electron chi connectivity index (χ4n) is 1.96. The summed E-state index contributed by atoms with van der Waals surface area (Å²) in [6.45, 7) is 0. The molecule has 0 unspecified atom stereocenters. The van der Waals surface area contributed by atoms with Crippen LogP contribution in [-0.4, -0.2) is 16.7 Å². The zero-order chi connectivity index (χ0) is 14.5. The van der Waals surface area contributed by atoms with Crippen LogP contribution in [0.3, 0.4) is 0 Å². The van der Waals surface area contributed by atoms with Crippen LogP contribution >= 0.6 is 11.8 Å². The first kappa shape index (κ1) is 13.6. The molecule has 21 heavy (non-hydrogen) atoms. The van der Waals surface area contributed by atoms with Crippen molar-refractivity contribution < 1.29 is 4.79 Å². The first-order valence-corrected chi connectivity index (χ1v) is 7.64. The van der Waals surface area contributed by atoms with Crippen molar-refractivity contribution in [1.82, 2.24) is 0 Å². The summed E-state index contributed by atoms with van der Waals surface area (Å²) in [6, 6.07) is 19.5. The van der Waals surface area contributed by atoms with Gasteiger partial charge in [0.1, 0.15) is 5.04 Å². The fraction of sp³-hybridized carbons (Fsp3) is 0.0588. The Kier molecular flexibility index (Phi) is 4.17. The first-order valence-electron chi connectivity index (χ1n) is 6.65. The van der Waals surface area contributed by atoms with Gasteiger partial charge >= 0.3 is 0 Å². The highest BCUT2D eigenvalue weighted by atomic mass is 32.2. The van der Waals surface area contributed by atoms with Gasteiger partial charge in [0.2, 0.25) is 0 Å². The molecule has 1 aliphatic rings. The molecular weight excluding hydrogens is 280 g/mol. The van der Waals surface area contributed by atoms with Crippen LogP contribution in [0, 0.1) is 0 Å². The molecule has 0 aromatic heterocycles. The number of thioether (sulfide) groups is 1. The lowest BCUT2D eigenvalue weighted by Gasteiger charge is -2.21. The summed E-state index contributed by atoms with van der Waals surface area (Å²) in [5.41, 5.74) is 1.91. The van der Waals surface area contributed by atoms with Crippen molar-refractivity contribution in [2.45, 2.75) is 0 Å². The number of nitrogens with zero attached hydrogens (tertiary/aromatic N) is 2. The number of hydrazone groups is 1. The van der Waals surface area contributed by atoms with Crippen molar-refractivity contribution in [1.29, 1.82) is 0 Å². The molecular formula is C17H14N2OS. The van der Waals surface area contributed by atoms with Crippen LogP contribution in [0.1, 0.15) is 5.56 Å². The zero-order valence-corrected chi connectivity index (χ0v) is 12.2. The van der Waals surface area contributed by atoms with Gasteiger partial charge in [-0.3, -0.25) is 4.79 Å². The maximum absolute atomic E-state index is 12.0. The quantitative estimate of drug-likeness (QED) is 0.862. The Morgan fingerprint density at radius 2 is 1.62 bits per heavy atom. The topological polar surface area (TPSA) is 32.7 Å². The number of anilines is 1. The lowest BCUT2D eigenvalue weighted by Crippen LogP contribution is -2.31. The number of para-hydroxylation sites is 1. The molecule has 2 aromatic rings. The smallest absolute Gasteiger partial charge is 0.257 e. The van der Waals surface area contributed by atoms with Gasteiger partial charge in [-0.05, 0) is 23.8 Å². The number of rotatable bonds is 3. The van der Waals surface area contributed by atoms with E-state index in [0.717, 1.165) is 16.3 Å². The van der Waals surface area contributed by atoms with Crippen LogP contribution < -0.4 is 5.01 Å². The largest absolute Gasteiger partial charge is 0.272 e. The summed E-state index contributed by atoms with van der Waals surface area (Å²) in [7, 11) is 0. The second kappa shape index (κ2) is 6.41. The zero-order valence-electron chi connectivity index (χ0n) is 11.3. The third-order valence-electron chi connectivity index (χ3n) is 3.00. The highest BCUT2D eigenvalue weighted by molar-refractivity contribution is 8.15. The van der Waals surface area contributed by atoms with Gasteiger partial charge in [-0.1, -0.05) is 66.4 Å². The number of carbonyl (C=O) groups is 1. The molecule has 1 aliphatic heterocycles. The molecule has 0 atom stereocenters. The van der Waals surface area contributed by atoms with Crippen LogP contribution in [0.2, 0.25) is 0 Å². The average Bonchev–Trinajstić information content (AvgIpc) is 2.56. The normalized spacial score (nSPS) is 15.3. The van der Waals surface area contributed by atoms with Gasteiger partial charge in [0.15, 0.2) is 0 Å². The first-order chi connectivity index (χ1) is 10.3. The number of amides is 1. The summed E-state index contributed by atoms with van der Waals surface area (Å²) in [5.74, 6) is 0.412. The standard InChI is InChI=1S/C17H14N2OS/c20-17-13-21-16(12-11-14-7-3-1-4-8-14)18-19(17)15-9-5-2-6-10-15/h1-12H,13H2/b12-11+. The highest BCUT2D eigenvalue weighted by Gasteiger charge is 2.21. The summed E-state index contributed by atoms with van der Waals surface area (Å²) < 4.78 is 0. The number of hydrogen-bond acceptors (Lipinski definition) is 3. The Labute approximate surface area is 128 Å². The van der Waals surface area contributed by atoms with E-state index in [4.69, 9.17) is 0 Å². The van der Waals surface area contributed by atoms with Crippen molar-refractivity contribution in [2.24, 2.45) is 5.10 Å². The summed E-state index contributed by atoms with van der Waals surface area (Å²) in [6.07, 6.45) is 3.95. The van der Waals surface area contributed by atoms with Crippen molar-refractivity contribution in [2.75, 3.05) is 10.8 Å². The Morgan fingerprint density at radius 3 is 2.33 bits per heavy atom. The van der Waals surface area contributed by atoms with E-state index < -0.39 is 0 Å². The number of hydrogen-bond donors (Lipinski definition) is 0. The number of benzene rings is 2. The van der Waals surface area contributed by atoms with Gasteiger partial charge < -0.3 is 0 Å². The highest BCUT2D eigenvalue weighted by Crippen LogP contribution is 2.22. The molecule has 0 N–H and O–H groups in total. The van der Waals surface area contributed by atoms with Gasteiger partial charge in [-0.25, -0.2) is 0 Å². The predicted molar refractivity (Wildman–Crippen MR) is 89.3 cm³/mol. The van der Waals surface area contributed by atoms with E-state index in [1.165, 1.54) is 16.8 Å². The lowest BCUT2D eigenvalue weighted by molar-refractivity contribution is -0.116. The van der Waals surface area contributed by atoms with E-state index in [-0.39, 0.29) is 5.91 Å². The second-order valence-corrected chi connectivity index (χ2v) is 5.51. The van der Waals surface area contributed by atoms with Gasteiger partial charge in [0, 0.05) is 0 Å². The minimum Gasteiger partial charge on any atom is -0.272 e.